The van der Waals surface area contributed by atoms with Gasteiger partial charge in [-0.2, -0.15) is 0 Å². The molecule has 0 aliphatic heterocycles. The molecule has 0 spiro atoms. The molecule has 4 nitrogen and oxygen atoms in total. The van der Waals surface area contributed by atoms with Crippen molar-refractivity contribution < 1.29 is 9.84 Å². The molecule has 1 aromatic rings. The van der Waals surface area contributed by atoms with Gasteiger partial charge in [-0.1, -0.05) is 44.2 Å². The van der Waals surface area contributed by atoms with E-state index in [4.69, 9.17) is 4.74 Å². The van der Waals surface area contributed by atoms with Crippen LogP contribution in [0, 0.1) is 0 Å². The summed E-state index contributed by atoms with van der Waals surface area (Å²) < 4.78 is 5.18. The maximum Gasteiger partial charge on any atom is 0.0797 e. The second-order valence-electron chi connectivity index (χ2n) is 5.39. The molecule has 0 amide bonds. The molecule has 0 saturated heterocycles. The van der Waals surface area contributed by atoms with Crippen molar-refractivity contribution in [3.05, 3.63) is 35.9 Å². The van der Waals surface area contributed by atoms with E-state index in [9.17, 15) is 5.11 Å². The number of hydrogen-bond donors (Lipinski definition) is 2. The number of aliphatic hydroxyl groups excluding tert-OH is 1. The van der Waals surface area contributed by atoms with Crippen LogP contribution in [0.5, 0.6) is 0 Å². The van der Waals surface area contributed by atoms with E-state index in [0.29, 0.717) is 6.61 Å². The minimum absolute atomic E-state index is 0.0838. The van der Waals surface area contributed by atoms with Crippen molar-refractivity contribution in [3.63, 3.8) is 0 Å². The van der Waals surface area contributed by atoms with E-state index in [-0.39, 0.29) is 6.61 Å². The summed E-state index contributed by atoms with van der Waals surface area (Å²) in [5.41, 5.74) is 0.720. The average molecular weight is 294 g/mol. The first-order chi connectivity index (χ1) is 10.2. The highest BCUT2D eigenvalue weighted by Gasteiger charge is 2.32. The van der Waals surface area contributed by atoms with Gasteiger partial charge in [0.15, 0.2) is 0 Å². The third-order valence-corrected chi connectivity index (χ3v) is 3.86. The molecule has 0 heterocycles. The lowest BCUT2D eigenvalue weighted by Crippen LogP contribution is -2.54. The molecule has 120 valence electrons. The van der Waals surface area contributed by atoms with Crippen LogP contribution in [0.1, 0.15) is 25.8 Å². The monoisotopic (exact) mass is 294 g/mol. The van der Waals surface area contributed by atoms with Crippen LogP contribution in [-0.2, 0) is 10.3 Å². The molecule has 0 fully saturated rings. The number of ether oxygens (including phenoxy) is 1. The van der Waals surface area contributed by atoms with E-state index >= 15 is 0 Å². The Hall–Kier alpha value is -0.940. The lowest BCUT2D eigenvalue weighted by atomic mass is 9.89. The second kappa shape index (κ2) is 9.90. The Balaban J connectivity index is 2.94. The van der Waals surface area contributed by atoms with Crippen LogP contribution >= 0.6 is 0 Å². The molecule has 1 rings (SSSR count). The Bertz CT molecular complexity index is 372. The van der Waals surface area contributed by atoms with Gasteiger partial charge in [0, 0.05) is 20.2 Å². The number of likely N-dealkylation sites (N-methyl/N-ethyl adjacent to an activating group) is 1. The Morgan fingerprint density at radius 1 is 1.24 bits per heavy atom. The predicted molar refractivity (Wildman–Crippen MR) is 87.5 cm³/mol. The van der Waals surface area contributed by atoms with Crippen molar-refractivity contribution in [2.45, 2.75) is 25.8 Å². The standard InChI is InChI=1S/C17H30N2O2/c1-4-11-18-17(15-20,16-9-7-6-8-10-16)14-19(5-2)12-13-21-3/h6-10,18,20H,4-5,11-15H2,1-3H3. The summed E-state index contributed by atoms with van der Waals surface area (Å²) in [5, 5.41) is 13.7. The highest BCUT2D eigenvalue weighted by Crippen LogP contribution is 2.22. The molecule has 0 aliphatic carbocycles. The van der Waals surface area contributed by atoms with Gasteiger partial charge in [-0.15, -0.1) is 0 Å². The first kappa shape index (κ1) is 18.1. The fourth-order valence-electron chi connectivity index (χ4n) is 2.52. The van der Waals surface area contributed by atoms with Crippen LogP contribution < -0.4 is 5.32 Å². The minimum Gasteiger partial charge on any atom is -0.394 e. The van der Waals surface area contributed by atoms with Gasteiger partial charge in [0.05, 0.1) is 18.8 Å². The topological polar surface area (TPSA) is 44.7 Å². The molecule has 1 unspecified atom stereocenters. The second-order valence-corrected chi connectivity index (χ2v) is 5.39. The Morgan fingerprint density at radius 2 is 1.95 bits per heavy atom. The summed E-state index contributed by atoms with van der Waals surface area (Å²) in [7, 11) is 1.72. The molecular weight excluding hydrogens is 264 g/mol. The van der Waals surface area contributed by atoms with Gasteiger partial charge in [0.2, 0.25) is 0 Å². The van der Waals surface area contributed by atoms with Gasteiger partial charge < -0.3 is 15.2 Å². The Kier molecular flexibility index (Phi) is 8.54. The number of aliphatic hydroxyl groups is 1. The summed E-state index contributed by atoms with van der Waals surface area (Å²) in [5.74, 6) is 0. The first-order valence-electron chi connectivity index (χ1n) is 7.85. The zero-order valence-corrected chi connectivity index (χ0v) is 13.6. The van der Waals surface area contributed by atoms with Crippen molar-refractivity contribution in [3.8, 4) is 0 Å². The predicted octanol–water partition coefficient (Wildman–Crippen LogP) is 1.84. The van der Waals surface area contributed by atoms with E-state index in [1.807, 2.05) is 18.2 Å². The first-order valence-corrected chi connectivity index (χ1v) is 7.85. The number of hydrogen-bond acceptors (Lipinski definition) is 4. The molecule has 0 aliphatic rings. The van der Waals surface area contributed by atoms with E-state index in [1.54, 1.807) is 7.11 Å². The van der Waals surface area contributed by atoms with Crippen molar-refractivity contribution in [1.82, 2.24) is 10.2 Å². The number of benzene rings is 1. The number of methoxy groups -OCH3 is 1. The molecule has 0 aromatic heterocycles. The molecule has 2 N–H and O–H groups in total. The van der Waals surface area contributed by atoms with E-state index in [0.717, 1.165) is 38.2 Å². The smallest absolute Gasteiger partial charge is 0.0797 e. The number of nitrogens with one attached hydrogen (secondary N) is 1. The SMILES string of the molecule is CCCNC(CO)(CN(CC)CCOC)c1ccccc1. The summed E-state index contributed by atoms with van der Waals surface area (Å²) in [6.07, 6.45) is 1.04. The van der Waals surface area contributed by atoms with Crippen molar-refractivity contribution in [1.29, 1.82) is 0 Å². The van der Waals surface area contributed by atoms with Gasteiger partial charge in [0.1, 0.15) is 0 Å². The van der Waals surface area contributed by atoms with Crippen LogP contribution in [0.3, 0.4) is 0 Å². The van der Waals surface area contributed by atoms with E-state index in [2.05, 4.69) is 36.2 Å². The van der Waals surface area contributed by atoms with Gasteiger partial charge in [0.25, 0.3) is 0 Å². The molecular formula is C17H30N2O2. The van der Waals surface area contributed by atoms with Crippen LogP contribution in [-0.4, -0.2) is 56.5 Å². The molecule has 4 heteroatoms. The molecule has 21 heavy (non-hydrogen) atoms. The summed E-state index contributed by atoms with van der Waals surface area (Å²) >= 11 is 0. The largest absolute Gasteiger partial charge is 0.394 e. The highest BCUT2D eigenvalue weighted by molar-refractivity contribution is 5.25. The quantitative estimate of drug-likeness (QED) is 0.654. The normalized spacial score (nSPS) is 14.3. The van der Waals surface area contributed by atoms with Crippen LogP contribution in [0.4, 0.5) is 0 Å². The maximum absolute atomic E-state index is 10.1. The average Bonchev–Trinajstić information content (AvgIpc) is 2.55. The Morgan fingerprint density at radius 3 is 2.48 bits per heavy atom. The van der Waals surface area contributed by atoms with E-state index < -0.39 is 5.54 Å². The van der Waals surface area contributed by atoms with Gasteiger partial charge >= 0.3 is 0 Å². The summed E-state index contributed by atoms with van der Waals surface area (Å²) in [6.45, 7) is 8.54. The van der Waals surface area contributed by atoms with Gasteiger partial charge in [-0.05, 0) is 25.1 Å². The fourth-order valence-corrected chi connectivity index (χ4v) is 2.52. The fraction of sp³-hybridized carbons (Fsp3) is 0.647. The third-order valence-electron chi connectivity index (χ3n) is 3.86. The zero-order chi connectivity index (χ0) is 15.6. The van der Waals surface area contributed by atoms with Crippen LogP contribution in [0.25, 0.3) is 0 Å². The molecule has 0 bridgehead atoms. The van der Waals surface area contributed by atoms with Gasteiger partial charge in [-0.3, -0.25) is 4.90 Å². The summed E-state index contributed by atoms with van der Waals surface area (Å²) in [6, 6.07) is 10.2. The van der Waals surface area contributed by atoms with Crippen molar-refractivity contribution in [2.75, 3.05) is 46.5 Å². The maximum atomic E-state index is 10.1. The zero-order valence-electron chi connectivity index (χ0n) is 13.6. The number of rotatable bonds is 11. The molecule has 1 atom stereocenters. The Labute approximate surface area is 129 Å². The highest BCUT2D eigenvalue weighted by atomic mass is 16.5. The third kappa shape index (κ3) is 5.40. The summed E-state index contributed by atoms with van der Waals surface area (Å²) in [4.78, 5) is 2.31. The minimum atomic E-state index is -0.416. The number of nitrogens with zero attached hydrogens (tertiary/aromatic N) is 1. The molecule has 0 saturated carbocycles. The van der Waals surface area contributed by atoms with Crippen molar-refractivity contribution in [2.24, 2.45) is 0 Å². The van der Waals surface area contributed by atoms with Crippen LogP contribution in [0.2, 0.25) is 0 Å². The van der Waals surface area contributed by atoms with Crippen LogP contribution in [0.15, 0.2) is 30.3 Å². The lowest BCUT2D eigenvalue weighted by molar-refractivity contribution is 0.0879. The lowest BCUT2D eigenvalue weighted by Gasteiger charge is -2.38. The van der Waals surface area contributed by atoms with E-state index in [1.165, 1.54) is 0 Å². The van der Waals surface area contributed by atoms with Gasteiger partial charge in [-0.25, -0.2) is 0 Å². The molecule has 1 aromatic carbocycles. The van der Waals surface area contributed by atoms with Crippen molar-refractivity contribution >= 4 is 0 Å². The molecule has 0 radical (unpaired) electrons.